The third kappa shape index (κ3) is 3.01. The Bertz CT molecular complexity index is 443. The highest BCUT2D eigenvalue weighted by Gasteiger charge is 2.36. The van der Waals surface area contributed by atoms with Gasteiger partial charge in [0.1, 0.15) is 0 Å². The van der Waals surface area contributed by atoms with Gasteiger partial charge >= 0.3 is 0 Å². The summed E-state index contributed by atoms with van der Waals surface area (Å²) in [5, 5.41) is 3.66. The molecule has 2 nitrogen and oxygen atoms in total. The molecule has 1 aliphatic carbocycles. The molecule has 0 saturated heterocycles. The molecule has 0 heterocycles. The van der Waals surface area contributed by atoms with Crippen molar-refractivity contribution in [3.05, 3.63) is 34.4 Å². The van der Waals surface area contributed by atoms with Gasteiger partial charge in [-0.05, 0) is 69.2 Å². The molecular weight excluding hydrogens is 234 g/mol. The minimum atomic E-state index is 0.0991. The number of ether oxygens (including phenoxy) is 1. The molecule has 1 aromatic rings. The number of benzene rings is 1. The summed E-state index contributed by atoms with van der Waals surface area (Å²) in [6.45, 7) is 9.78. The second-order valence-electron chi connectivity index (χ2n) is 6.14. The van der Waals surface area contributed by atoms with Crippen LogP contribution < -0.4 is 5.32 Å². The standard InChI is InChI=1S/C17H27NO/c1-12-9-14(3)16(10-13(12)2)15(4)18-11-17(19-5)7-6-8-17/h9-10,15,18H,6-8,11H2,1-5H3. The first-order valence-electron chi connectivity index (χ1n) is 7.34. The molecule has 1 unspecified atom stereocenters. The van der Waals surface area contributed by atoms with Gasteiger partial charge in [-0.15, -0.1) is 0 Å². The first-order chi connectivity index (χ1) is 8.97. The van der Waals surface area contributed by atoms with Gasteiger partial charge in [-0.25, -0.2) is 0 Å². The van der Waals surface area contributed by atoms with Gasteiger partial charge < -0.3 is 10.1 Å². The van der Waals surface area contributed by atoms with E-state index in [0.717, 1.165) is 6.54 Å². The second-order valence-corrected chi connectivity index (χ2v) is 6.14. The van der Waals surface area contributed by atoms with Gasteiger partial charge in [-0.2, -0.15) is 0 Å². The van der Waals surface area contributed by atoms with E-state index >= 15 is 0 Å². The van der Waals surface area contributed by atoms with E-state index in [0.29, 0.717) is 6.04 Å². The molecule has 1 atom stereocenters. The lowest BCUT2D eigenvalue weighted by Crippen LogP contribution is -2.48. The molecule has 0 bridgehead atoms. The molecule has 0 radical (unpaired) electrons. The molecule has 1 aromatic carbocycles. The van der Waals surface area contributed by atoms with Crippen LogP contribution in [0.5, 0.6) is 0 Å². The Kier molecular flexibility index (Phi) is 4.32. The van der Waals surface area contributed by atoms with E-state index in [1.165, 1.54) is 41.5 Å². The van der Waals surface area contributed by atoms with E-state index in [1.54, 1.807) is 0 Å². The quantitative estimate of drug-likeness (QED) is 0.869. The van der Waals surface area contributed by atoms with Crippen molar-refractivity contribution in [2.45, 2.75) is 58.6 Å². The lowest BCUT2D eigenvalue weighted by Gasteiger charge is -2.41. The highest BCUT2D eigenvalue weighted by atomic mass is 16.5. The van der Waals surface area contributed by atoms with Gasteiger partial charge in [0.2, 0.25) is 0 Å². The molecule has 0 aromatic heterocycles. The predicted molar refractivity (Wildman–Crippen MR) is 80.7 cm³/mol. The second kappa shape index (κ2) is 5.64. The fraction of sp³-hybridized carbons (Fsp3) is 0.647. The first-order valence-corrected chi connectivity index (χ1v) is 7.34. The zero-order valence-corrected chi connectivity index (χ0v) is 13.0. The molecule has 0 spiro atoms. The Labute approximate surface area is 117 Å². The molecule has 0 amide bonds. The summed E-state index contributed by atoms with van der Waals surface area (Å²) >= 11 is 0. The zero-order chi connectivity index (χ0) is 14.0. The summed E-state index contributed by atoms with van der Waals surface area (Å²) < 4.78 is 5.67. The number of hydrogen-bond donors (Lipinski definition) is 1. The van der Waals surface area contributed by atoms with Crippen LogP contribution in [0.3, 0.4) is 0 Å². The Morgan fingerprint density at radius 2 is 1.79 bits per heavy atom. The van der Waals surface area contributed by atoms with E-state index in [9.17, 15) is 0 Å². The Hall–Kier alpha value is -0.860. The molecule has 2 heteroatoms. The Morgan fingerprint density at radius 1 is 1.16 bits per heavy atom. The summed E-state index contributed by atoms with van der Waals surface area (Å²) in [4.78, 5) is 0. The maximum atomic E-state index is 5.67. The third-order valence-electron chi connectivity index (χ3n) is 4.78. The topological polar surface area (TPSA) is 21.3 Å². The average Bonchev–Trinajstić information content (AvgIpc) is 2.32. The predicted octanol–water partition coefficient (Wildman–Crippen LogP) is 3.83. The molecule has 19 heavy (non-hydrogen) atoms. The Morgan fingerprint density at radius 3 is 2.32 bits per heavy atom. The van der Waals surface area contributed by atoms with Crippen LogP contribution in [-0.4, -0.2) is 19.3 Å². The molecule has 2 rings (SSSR count). The van der Waals surface area contributed by atoms with Crippen LogP contribution in [0, 0.1) is 20.8 Å². The van der Waals surface area contributed by atoms with Gasteiger partial charge in [-0.3, -0.25) is 0 Å². The minimum Gasteiger partial charge on any atom is -0.377 e. The molecule has 1 saturated carbocycles. The smallest absolute Gasteiger partial charge is 0.0802 e. The molecule has 1 N–H and O–H groups in total. The lowest BCUT2D eigenvalue weighted by molar-refractivity contribution is -0.0706. The fourth-order valence-electron chi connectivity index (χ4n) is 2.92. The van der Waals surface area contributed by atoms with Crippen molar-refractivity contribution in [2.75, 3.05) is 13.7 Å². The normalized spacial score (nSPS) is 19.0. The van der Waals surface area contributed by atoms with Crippen molar-refractivity contribution in [3.63, 3.8) is 0 Å². The fourth-order valence-corrected chi connectivity index (χ4v) is 2.92. The number of hydrogen-bond acceptors (Lipinski definition) is 2. The molecular formula is C17H27NO. The summed E-state index contributed by atoms with van der Waals surface area (Å²) in [6.07, 6.45) is 3.68. The molecule has 106 valence electrons. The van der Waals surface area contributed by atoms with E-state index in [-0.39, 0.29) is 5.60 Å². The van der Waals surface area contributed by atoms with Crippen molar-refractivity contribution in [2.24, 2.45) is 0 Å². The lowest BCUT2D eigenvalue weighted by atomic mass is 9.79. The molecule has 1 aliphatic rings. The van der Waals surface area contributed by atoms with Crippen LogP contribution in [0.15, 0.2) is 12.1 Å². The summed E-state index contributed by atoms with van der Waals surface area (Å²) in [6, 6.07) is 4.99. The van der Waals surface area contributed by atoms with Gasteiger partial charge in [0, 0.05) is 19.7 Å². The van der Waals surface area contributed by atoms with E-state index < -0.39 is 0 Å². The summed E-state index contributed by atoms with van der Waals surface area (Å²) in [5.74, 6) is 0. The highest BCUT2D eigenvalue weighted by molar-refractivity contribution is 5.38. The molecule has 1 fully saturated rings. The number of nitrogens with one attached hydrogen (secondary N) is 1. The van der Waals surface area contributed by atoms with E-state index in [2.05, 4.69) is 45.1 Å². The van der Waals surface area contributed by atoms with E-state index in [4.69, 9.17) is 4.74 Å². The minimum absolute atomic E-state index is 0.0991. The van der Waals surface area contributed by atoms with E-state index in [1.807, 2.05) is 7.11 Å². The average molecular weight is 261 g/mol. The number of methoxy groups -OCH3 is 1. The zero-order valence-electron chi connectivity index (χ0n) is 13.0. The highest BCUT2D eigenvalue weighted by Crippen LogP contribution is 2.35. The maximum absolute atomic E-state index is 5.67. The number of rotatable bonds is 5. The first kappa shape index (κ1) is 14.5. The maximum Gasteiger partial charge on any atom is 0.0802 e. The number of aryl methyl sites for hydroxylation is 3. The van der Waals surface area contributed by atoms with Crippen molar-refractivity contribution < 1.29 is 4.74 Å². The molecule has 0 aliphatic heterocycles. The van der Waals surface area contributed by atoms with Gasteiger partial charge in [0.25, 0.3) is 0 Å². The van der Waals surface area contributed by atoms with Crippen LogP contribution in [0.1, 0.15) is 54.5 Å². The monoisotopic (exact) mass is 261 g/mol. The van der Waals surface area contributed by atoms with Gasteiger partial charge in [-0.1, -0.05) is 12.1 Å². The largest absolute Gasteiger partial charge is 0.377 e. The van der Waals surface area contributed by atoms with Crippen molar-refractivity contribution in [1.82, 2.24) is 5.32 Å². The van der Waals surface area contributed by atoms with Gasteiger partial charge in [0.15, 0.2) is 0 Å². The van der Waals surface area contributed by atoms with Crippen molar-refractivity contribution >= 4 is 0 Å². The van der Waals surface area contributed by atoms with Crippen molar-refractivity contribution in [1.29, 1.82) is 0 Å². The van der Waals surface area contributed by atoms with Crippen LogP contribution in [0.4, 0.5) is 0 Å². The van der Waals surface area contributed by atoms with Crippen LogP contribution in [-0.2, 0) is 4.74 Å². The third-order valence-corrected chi connectivity index (χ3v) is 4.78. The SMILES string of the molecule is COC1(CNC(C)c2cc(C)c(C)cc2C)CCC1. The Balaban J connectivity index is 2.03. The van der Waals surface area contributed by atoms with Crippen LogP contribution in [0.2, 0.25) is 0 Å². The van der Waals surface area contributed by atoms with Crippen LogP contribution >= 0.6 is 0 Å². The summed E-state index contributed by atoms with van der Waals surface area (Å²) in [7, 11) is 1.84. The van der Waals surface area contributed by atoms with Gasteiger partial charge in [0.05, 0.1) is 5.60 Å². The van der Waals surface area contributed by atoms with Crippen LogP contribution in [0.25, 0.3) is 0 Å². The van der Waals surface area contributed by atoms with Crippen molar-refractivity contribution in [3.8, 4) is 0 Å². The summed E-state index contributed by atoms with van der Waals surface area (Å²) in [5.41, 5.74) is 5.64.